The minimum absolute atomic E-state index is 0.250. The summed E-state index contributed by atoms with van der Waals surface area (Å²) in [4.78, 5) is 11.8. The number of carbonyl (C=O) groups excluding carboxylic acids is 1. The van der Waals surface area contributed by atoms with E-state index in [9.17, 15) is 4.79 Å². The standard InChI is InChI=1S/C15H10Cl2N2O2/c16-11-6-5-10(8-18)14(7-11)21-9-15(20)19-13-4-2-1-3-12(13)17/h1-7H,9H2,(H,19,20). The summed E-state index contributed by atoms with van der Waals surface area (Å²) in [5.74, 6) is -0.119. The Morgan fingerprint density at radius 3 is 2.71 bits per heavy atom. The lowest BCUT2D eigenvalue weighted by Crippen LogP contribution is -2.20. The van der Waals surface area contributed by atoms with Crippen molar-refractivity contribution in [3.63, 3.8) is 0 Å². The zero-order valence-electron chi connectivity index (χ0n) is 10.8. The first-order valence-electron chi connectivity index (χ1n) is 5.97. The smallest absolute Gasteiger partial charge is 0.262 e. The van der Waals surface area contributed by atoms with Gasteiger partial charge in [-0.05, 0) is 24.3 Å². The van der Waals surface area contributed by atoms with Gasteiger partial charge in [0.25, 0.3) is 5.91 Å². The molecular weight excluding hydrogens is 311 g/mol. The molecule has 0 saturated heterocycles. The number of nitriles is 1. The van der Waals surface area contributed by atoms with Crippen molar-refractivity contribution in [3.05, 3.63) is 58.1 Å². The normalized spacial score (nSPS) is 9.76. The van der Waals surface area contributed by atoms with Crippen molar-refractivity contribution >= 4 is 34.8 Å². The first-order valence-corrected chi connectivity index (χ1v) is 6.72. The van der Waals surface area contributed by atoms with Crippen LogP contribution in [-0.2, 0) is 4.79 Å². The van der Waals surface area contributed by atoms with Gasteiger partial charge in [-0.25, -0.2) is 0 Å². The zero-order chi connectivity index (χ0) is 15.2. The van der Waals surface area contributed by atoms with Gasteiger partial charge < -0.3 is 10.1 Å². The topological polar surface area (TPSA) is 62.1 Å². The second-order valence-electron chi connectivity index (χ2n) is 4.07. The molecular formula is C15H10Cl2N2O2. The van der Waals surface area contributed by atoms with E-state index in [1.807, 2.05) is 6.07 Å². The highest BCUT2D eigenvalue weighted by Crippen LogP contribution is 2.23. The zero-order valence-corrected chi connectivity index (χ0v) is 12.3. The van der Waals surface area contributed by atoms with Crippen LogP contribution in [0.1, 0.15) is 5.56 Å². The molecule has 0 heterocycles. The molecule has 0 aliphatic rings. The molecule has 0 spiro atoms. The summed E-state index contributed by atoms with van der Waals surface area (Å²) in [5.41, 5.74) is 0.810. The maximum atomic E-state index is 11.8. The van der Waals surface area contributed by atoms with Crippen LogP contribution in [0.25, 0.3) is 0 Å². The largest absolute Gasteiger partial charge is 0.482 e. The number of para-hydroxylation sites is 1. The molecule has 4 nitrogen and oxygen atoms in total. The van der Waals surface area contributed by atoms with Gasteiger partial charge in [-0.3, -0.25) is 4.79 Å². The Kier molecular flexibility index (Phi) is 5.04. The predicted molar refractivity (Wildman–Crippen MR) is 81.7 cm³/mol. The molecule has 0 atom stereocenters. The van der Waals surface area contributed by atoms with E-state index in [2.05, 4.69) is 5.32 Å². The quantitative estimate of drug-likeness (QED) is 0.929. The number of ether oxygens (including phenoxy) is 1. The molecule has 2 rings (SSSR count). The van der Waals surface area contributed by atoms with Gasteiger partial charge in [-0.15, -0.1) is 0 Å². The number of carbonyl (C=O) groups is 1. The number of benzene rings is 2. The second kappa shape index (κ2) is 6.98. The van der Waals surface area contributed by atoms with Gasteiger partial charge in [0.05, 0.1) is 16.3 Å². The molecule has 1 amide bonds. The number of hydrogen-bond acceptors (Lipinski definition) is 3. The molecule has 0 aliphatic carbocycles. The summed E-state index contributed by atoms with van der Waals surface area (Å²) in [6.07, 6.45) is 0. The number of nitrogens with one attached hydrogen (secondary N) is 1. The molecule has 0 aromatic heterocycles. The number of anilines is 1. The highest BCUT2D eigenvalue weighted by molar-refractivity contribution is 6.33. The highest BCUT2D eigenvalue weighted by atomic mass is 35.5. The van der Waals surface area contributed by atoms with Crippen LogP contribution in [0.5, 0.6) is 5.75 Å². The monoisotopic (exact) mass is 320 g/mol. The molecule has 0 aliphatic heterocycles. The fraction of sp³-hybridized carbons (Fsp3) is 0.0667. The molecule has 106 valence electrons. The number of halogens is 2. The molecule has 6 heteroatoms. The van der Waals surface area contributed by atoms with Crippen LogP contribution in [0.4, 0.5) is 5.69 Å². The summed E-state index contributed by atoms with van der Waals surface area (Å²) >= 11 is 11.8. The van der Waals surface area contributed by atoms with Gasteiger partial charge >= 0.3 is 0 Å². The Morgan fingerprint density at radius 1 is 1.24 bits per heavy atom. The number of rotatable bonds is 4. The summed E-state index contributed by atoms with van der Waals surface area (Å²) in [6, 6.07) is 13.4. The molecule has 0 unspecified atom stereocenters. The van der Waals surface area contributed by atoms with E-state index < -0.39 is 0 Å². The van der Waals surface area contributed by atoms with Gasteiger partial charge in [0.2, 0.25) is 0 Å². The molecule has 1 N–H and O–H groups in total. The van der Waals surface area contributed by atoms with E-state index >= 15 is 0 Å². The predicted octanol–water partition coefficient (Wildman–Crippen LogP) is 3.88. The van der Waals surface area contributed by atoms with Crippen molar-refractivity contribution < 1.29 is 9.53 Å². The van der Waals surface area contributed by atoms with Crippen molar-refractivity contribution in [1.29, 1.82) is 5.26 Å². The molecule has 0 fully saturated rings. The average molecular weight is 321 g/mol. The van der Waals surface area contributed by atoms with Crippen LogP contribution < -0.4 is 10.1 Å². The number of nitrogens with zero attached hydrogens (tertiary/aromatic N) is 1. The van der Waals surface area contributed by atoms with Crippen LogP contribution in [0.2, 0.25) is 10.0 Å². The third kappa shape index (κ3) is 4.12. The van der Waals surface area contributed by atoms with Gasteiger partial charge in [0.15, 0.2) is 6.61 Å². The van der Waals surface area contributed by atoms with Gasteiger partial charge in [0.1, 0.15) is 11.8 Å². The van der Waals surface area contributed by atoms with Gasteiger partial charge in [-0.1, -0.05) is 35.3 Å². The average Bonchev–Trinajstić information content (AvgIpc) is 2.48. The maximum Gasteiger partial charge on any atom is 0.262 e. The fourth-order valence-corrected chi connectivity index (χ4v) is 1.95. The van der Waals surface area contributed by atoms with Crippen molar-refractivity contribution in [1.82, 2.24) is 0 Å². The van der Waals surface area contributed by atoms with Crippen molar-refractivity contribution in [2.45, 2.75) is 0 Å². The van der Waals surface area contributed by atoms with E-state index in [0.717, 1.165) is 0 Å². The maximum absolute atomic E-state index is 11.8. The van der Waals surface area contributed by atoms with Crippen LogP contribution in [-0.4, -0.2) is 12.5 Å². The second-order valence-corrected chi connectivity index (χ2v) is 4.91. The minimum atomic E-state index is -0.382. The summed E-state index contributed by atoms with van der Waals surface area (Å²) in [6.45, 7) is -0.250. The third-order valence-corrected chi connectivity index (χ3v) is 3.14. The Bertz CT molecular complexity index is 711. The first-order chi connectivity index (χ1) is 10.1. The molecule has 2 aromatic rings. The van der Waals surface area contributed by atoms with Crippen LogP contribution >= 0.6 is 23.2 Å². The van der Waals surface area contributed by atoms with Crippen LogP contribution in [0.3, 0.4) is 0 Å². The van der Waals surface area contributed by atoms with Crippen molar-refractivity contribution in [3.8, 4) is 11.8 Å². The lowest BCUT2D eigenvalue weighted by molar-refractivity contribution is -0.118. The van der Waals surface area contributed by atoms with Gasteiger partial charge in [-0.2, -0.15) is 5.26 Å². The Hall–Kier alpha value is -2.22. The van der Waals surface area contributed by atoms with Crippen molar-refractivity contribution in [2.24, 2.45) is 0 Å². The summed E-state index contributed by atoms with van der Waals surface area (Å²) in [7, 11) is 0. The highest BCUT2D eigenvalue weighted by Gasteiger charge is 2.09. The Morgan fingerprint density at radius 2 is 2.00 bits per heavy atom. The lowest BCUT2D eigenvalue weighted by Gasteiger charge is -2.09. The van der Waals surface area contributed by atoms with Crippen molar-refractivity contribution in [2.75, 3.05) is 11.9 Å². The van der Waals surface area contributed by atoms with E-state index in [-0.39, 0.29) is 18.3 Å². The van der Waals surface area contributed by atoms with E-state index in [1.165, 1.54) is 12.1 Å². The lowest BCUT2D eigenvalue weighted by atomic mass is 10.2. The van der Waals surface area contributed by atoms with E-state index in [0.29, 0.717) is 21.3 Å². The Balaban J connectivity index is 2.01. The number of amides is 1. The Labute approximate surface area is 131 Å². The summed E-state index contributed by atoms with van der Waals surface area (Å²) < 4.78 is 5.32. The fourth-order valence-electron chi connectivity index (χ4n) is 1.60. The van der Waals surface area contributed by atoms with E-state index in [4.69, 9.17) is 33.2 Å². The molecule has 2 aromatic carbocycles. The molecule has 0 saturated carbocycles. The molecule has 0 bridgehead atoms. The van der Waals surface area contributed by atoms with E-state index in [1.54, 1.807) is 30.3 Å². The van der Waals surface area contributed by atoms with Gasteiger partial charge in [0, 0.05) is 11.1 Å². The van der Waals surface area contributed by atoms with Crippen LogP contribution in [0, 0.1) is 11.3 Å². The SMILES string of the molecule is N#Cc1ccc(Cl)cc1OCC(=O)Nc1ccccc1Cl. The first kappa shape index (κ1) is 15.2. The molecule has 0 radical (unpaired) electrons. The molecule has 21 heavy (non-hydrogen) atoms. The third-order valence-electron chi connectivity index (χ3n) is 2.57. The van der Waals surface area contributed by atoms with Crippen LogP contribution in [0.15, 0.2) is 42.5 Å². The number of hydrogen-bond donors (Lipinski definition) is 1. The summed E-state index contributed by atoms with van der Waals surface area (Å²) in [5, 5.41) is 12.4. The minimum Gasteiger partial charge on any atom is -0.482 e.